The van der Waals surface area contributed by atoms with Crippen molar-refractivity contribution in [2.75, 3.05) is 45.7 Å². The Morgan fingerprint density at radius 3 is 2.35 bits per heavy atom. The van der Waals surface area contributed by atoms with Gasteiger partial charge in [-0.25, -0.2) is 0 Å². The van der Waals surface area contributed by atoms with Crippen LogP contribution >= 0.6 is 0 Å². The minimum atomic E-state index is -0.269. The smallest absolute Gasteiger partial charge is 0.272 e. The van der Waals surface area contributed by atoms with Crippen molar-refractivity contribution < 1.29 is 19.1 Å². The molecule has 2 aliphatic heterocycles. The standard InChI is InChI=1S/C37H51N5O4/c1-8-38-35(44)28-21-27(37(2,3)4)22-29(34(28)46-7)39-36(45)31-20-25-11-9-12-26(33(25)41(31)6)23-42-17-14-24(15-18-42)19-32(43)30-13-10-16-40(30)5/h9,11-12,20-22,24,30H,8,10,13-19,23H2,1-7H3,(H,38,44)(H,39,45). The fraction of sp³-hybridized carbons (Fsp3) is 0.541. The van der Waals surface area contributed by atoms with E-state index in [1.54, 1.807) is 0 Å². The van der Waals surface area contributed by atoms with Gasteiger partial charge in [-0.15, -0.1) is 0 Å². The van der Waals surface area contributed by atoms with Crippen LogP contribution in [0.15, 0.2) is 36.4 Å². The predicted octanol–water partition coefficient (Wildman–Crippen LogP) is 5.75. The zero-order chi connectivity index (χ0) is 33.2. The summed E-state index contributed by atoms with van der Waals surface area (Å²) >= 11 is 0. The van der Waals surface area contributed by atoms with Crippen molar-refractivity contribution in [2.24, 2.45) is 13.0 Å². The second-order valence-electron chi connectivity index (χ2n) is 14.1. The maximum atomic E-state index is 13.9. The van der Waals surface area contributed by atoms with Crippen LogP contribution in [0.2, 0.25) is 0 Å². The molecule has 0 spiro atoms. The monoisotopic (exact) mass is 629 g/mol. The molecule has 3 aromatic rings. The Bertz CT molecular complexity index is 1600. The Balaban J connectivity index is 1.33. The van der Waals surface area contributed by atoms with Gasteiger partial charge in [0.2, 0.25) is 0 Å². The Hall–Kier alpha value is -3.69. The summed E-state index contributed by atoms with van der Waals surface area (Å²) in [5.74, 6) is 0.705. The van der Waals surface area contributed by atoms with Crippen LogP contribution in [0.25, 0.3) is 10.9 Å². The van der Waals surface area contributed by atoms with Crippen molar-refractivity contribution in [3.63, 3.8) is 0 Å². The van der Waals surface area contributed by atoms with E-state index in [4.69, 9.17) is 4.74 Å². The molecule has 0 aliphatic carbocycles. The Morgan fingerprint density at radius 1 is 0.978 bits per heavy atom. The summed E-state index contributed by atoms with van der Waals surface area (Å²) in [4.78, 5) is 44.4. The number of methoxy groups -OCH3 is 1. The molecule has 2 amide bonds. The van der Waals surface area contributed by atoms with Crippen LogP contribution < -0.4 is 15.4 Å². The van der Waals surface area contributed by atoms with Crippen LogP contribution in [-0.4, -0.2) is 78.3 Å². The summed E-state index contributed by atoms with van der Waals surface area (Å²) in [5, 5.41) is 6.93. The molecule has 2 saturated heterocycles. The number of anilines is 1. The number of nitrogens with zero attached hydrogens (tertiary/aromatic N) is 3. The van der Waals surface area contributed by atoms with Gasteiger partial charge in [0, 0.05) is 31.9 Å². The van der Waals surface area contributed by atoms with E-state index in [-0.39, 0.29) is 23.3 Å². The molecule has 0 saturated carbocycles. The van der Waals surface area contributed by atoms with Gasteiger partial charge in [-0.3, -0.25) is 24.2 Å². The number of aryl methyl sites for hydroxylation is 1. The lowest BCUT2D eigenvalue weighted by Crippen LogP contribution is -2.37. The largest absolute Gasteiger partial charge is 0.494 e. The van der Waals surface area contributed by atoms with E-state index in [9.17, 15) is 14.4 Å². The van der Waals surface area contributed by atoms with Crippen molar-refractivity contribution in [1.82, 2.24) is 19.7 Å². The number of ketones is 1. The highest BCUT2D eigenvalue weighted by molar-refractivity contribution is 6.09. The van der Waals surface area contributed by atoms with Crippen molar-refractivity contribution in [2.45, 2.75) is 77.8 Å². The van der Waals surface area contributed by atoms with Gasteiger partial charge in [-0.1, -0.05) is 39.0 Å². The lowest BCUT2D eigenvalue weighted by molar-refractivity contribution is -0.124. The minimum absolute atomic E-state index is 0.116. The number of ether oxygens (including phenoxy) is 1. The fourth-order valence-corrected chi connectivity index (χ4v) is 7.16. The van der Waals surface area contributed by atoms with E-state index >= 15 is 0 Å². The molecule has 2 N–H and O–H groups in total. The topological polar surface area (TPSA) is 95.9 Å². The first-order valence-electron chi connectivity index (χ1n) is 16.8. The first kappa shape index (κ1) is 33.7. The number of likely N-dealkylation sites (tertiary alicyclic amines) is 2. The number of hydrogen-bond donors (Lipinski definition) is 2. The molecule has 0 bridgehead atoms. The van der Waals surface area contributed by atoms with Gasteiger partial charge in [0.25, 0.3) is 11.8 Å². The molecule has 1 aromatic heterocycles. The molecule has 46 heavy (non-hydrogen) atoms. The minimum Gasteiger partial charge on any atom is -0.494 e. The van der Waals surface area contributed by atoms with E-state index in [2.05, 4.69) is 60.4 Å². The molecule has 2 aromatic carbocycles. The Morgan fingerprint density at radius 2 is 1.72 bits per heavy atom. The summed E-state index contributed by atoms with van der Waals surface area (Å²) in [6.07, 6.45) is 4.89. The lowest BCUT2D eigenvalue weighted by Gasteiger charge is -2.32. The zero-order valence-corrected chi connectivity index (χ0v) is 28.7. The third-order valence-corrected chi connectivity index (χ3v) is 9.84. The number of hydrogen-bond acceptors (Lipinski definition) is 6. The predicted molar refractivity (Wildman–Crippen MR) is 184 cm³/mol. The first-order chi connectivity index (χ1) is 21.9. The second kappa shape index (κ2) is 14.0. The number of fused-ring (bicyclic) bond motifs is 1. The van der Waals surface area contributed by atoms with Gasteiger partial charge in [0.15, 0.2) is 5.75 Å². The van der Waals surface area contributed by atoms with Crippen LogP contribution in [0.3, 0.4) is 0 Å². The van der Waals surface area contributed by atoms with Gasteiger partial charge in [0.1, 0.15) is 11.5 Å². The maximum absolute atomic E-state index is 13.9. The lowest BCUT2D eigenvalue weighted by atomic mass is 9.85. The zero-order valence-electron chi connectivity index (χ0n) is 28.7. The first-order valence-corrected chi connectivity index (χ1v) is 16.8. The summed E-state index contributed by atoms with van der Waals surface area (Å²) < 4.78 is 7.66. The van der Waals surface area contributed by atoms with E-state index in [1.165, 1.54) is 12.7 Å². The van der Waals surface area contributed by atoms with E-state index in [0.29, 0.717) is 47.4 Å². The van der Waals surface area contributed by atoms with Crippen LogP contribution in [0.1, 0.15) is 91.8 Å². The average molecular weight is 630 g/mol. The number of para-hydroxylation sites is 1. The molecule has 2 fully saturated rings. The molecule has 1 unspecified atom stereocenters. The highest BCUT2D eigenvalue weighted by atomic mass is 16.5. The van der Waals surface area contributed by atoms with Gasteiger partial charge in [-0.2, -0.15) is 0 Å². The highest BCUT2D eigenvalue weighted by Gasteiger charge is 2.31. The van der Waals surface area contributed by atoms with Crippen LogP contribution in [0.5, 0.6) is 5.75 Å². The summed E-state index contributed by atoms with van der Waals surface area (Å²) in [5.41, 5.74) is 4.26. The Labute approximate surface area is 273 Å². The molecule has 9 heteroatoms. The van der Waals surface area contributed by atoms with E-state index < -0.39 is 0 Å². The molecule has 248 valence electrons. The number of rotatable bonds is 10. The quantitative estimate of drug-likeness (QED) is 0.297. The number of carbonyl (C=O) groups excluding carboxylic acids is 3. The van der Waals surface area contributed by atoms with E-state index in [1.807, 2.05) is 42.8 Å². The third-order valence-electron chi connectivity index (χ3n) is 9.84. The van der Waals surface area contributed by atoms with Gasteiger partial charge < -0.3 is 19.9 Å². The fourth-order valence-electron chi connectivity index (χ4n) is 7.16. The van der Waals surface area contributed by atoms with Crippen molar-refractivity contribution in [3.8, 4) is 5.75 Å². The van der Waals surface area contributed by atoms with Crippen molar-refractivity contribution in [1.29, 1.82) is 0 Å². The molecule has 0 radical (unpaired) electrons. The normalized spacial score (nSPS) is 18.2. The third kappa shape index (κ3) is 7.15. The molecule has 5 rings (SSSR count). The number of aromatic nitrogens is 1. The number of nitrogens with one attached hydrogen (secondary N) is 2. The second-order valence-corrected chi connectivity index (χ2v) is 14.1. The number of benzene rings is 2. The molecular formula is C37H51N5O4. The molecule has 9 nitrogen and oxygen atoms in total. The molecule has 1 atom stereocenters. The van der Waals surface area contributed by atoms with Gasteiger partial charge in [-0.05, 0) is 99.9 Å². The van der Waals surface area contributed by atoms with Gasteiger partial charge >= 0.3 is 0 Å². The van der Waals surface area contributed by atoms with Crippen LogP contribution in [0.4, 0.5) is 5.69 Å². The average Bonchev–Trinajstić information content (AvgIpc) is 3.60. The summed E-state index contributed by atoms with van der Waals surface area (Å²) in [6, 6.07) is 12.0. The van der Waals surface area contributed by atoms with Crippen LogP contribution in [0, 0.1) is 5.92 Å². The number of likely N-dealkylation sites (N-methyl/N-ethyl adjacent to an activating group) is 1. The summed E-state index contributed by atoms with van der Waals surface area (Å²) in [6.45, 7) is 12.3. The van der Waals surface area contributed by atoms with Gasteiger partial charge in [0.05, 0.1) is 29.9 Å². The highest BCUT2D eigenvalue weighted by Crippen LogP contribution is 2.36. The molecule has 2 aliphatic rings. The van der Waals surface area contributed by atoms with E-state index in [0.717, 1.165) is 68.3 Å². The SMILES string of the molecule is CCNC(=O)c1cc(C(C)(C)C)cc(NC(=O)c2cc3cccc(CN4CCC(CC(=O)C5CCCN5C)CC4)c3n2C)c1OC. The van der Waals surface area contributed by atoms with Crippen molar-refractivity contribution in [3.05, 3.63) is 58.8 Å². The number of Topliss-reactive ketones (excluding diaryl/α,β-unsaturated/α-hetero) is 1. The molecule has 3 heterocycles. The number of carbonyl (C=O) groups is 3. The molecular weight excluding hydrogens is 578 g/mol. The Kier molecular flexibility index (Phi) is 10.2. The maximum Gasteiger partial charge on any atom is 0.272 e. The van der Waals surface area contributed by atoms with Crippen LogP contribution in [-0.2, 0) is 23.8 Å². The number of amides is 2. The number of piperidine rings is 1. The summed E-state index contributed by atoms with van der Waals surface area (Å²) in [7, 11) is 5.52. The van der Waals surface area contributed by atoms with Crippen molar-refractivity contribution >= 4 is 34.2 Å².